The highest BCUT2D eigenvalue weighted by Gasteiger charge is 2.47. The van der Waals surface area contributed by atoms with E-state index in [0.29, 0.717) is 18.6 Å². The van der Waals surface area contributed by atoms with Crippen LogP contribution in [0.2, 0.25) is 0 Å². The first-order valence-electron chi connectivity index (χ1n) is 10.1. The number of carbonyl (C=O) groups excluding carboxylic acids is 2. The van der Waals surface area contributed by atoms with Crippen molar-refractivity contribution in [2.75, 3.05) is 0 Å². The average molecular weight is 449 g/mol. The second kappa shape index (κ2) is 7.37. The van der Waals surface area contributed by atoms with E-state index in [9.17, 15) is 32.7 Å². The van der Waals surface area contributed by atoms with Crippen molar-refractivity contribution in [3.63, 3.8) is 0 Å². The normalized spacial score (nSPS) is 23.7. The van der Waals surface area contributed by atoms with Crippen LogP contribution in [0.15, 0.2) is 23.1 Å². The van der Waals surface area contributed by atoms with E-state index in [1.807, 2.05) is 0 Å². The van der Waals surface area contributed by atoms with Gasteiger partial charge in [-0.05, 0) is 19.3 Å². The van der Waals surface area contributed by atoms with Gasteiger partial charge in [-0.15, -0.1) is 0 Å². The SMILES string of the molecule is O=C(NCc1c(F)cc(F)cc1F)c1cn2c(c(O)c1=O)C(=O)N1C3CC[C@@H](C3)O[C@@H]1C2. The Labute approximate surface area is 179 Å². The zero-order chi connectivity index (χ0) is 22.7. The lowest BCUT2D eigenvalue weighted by atomic mass is 10.1. The smallest absolute Gasteiger partial charge is 0.276 e. The molecule has 2 N–H and O–H groups in total. The van der Waals surface area contributed by atoms with E-state index in [2.05, 4.69) is 5.32 Å². The molecule has 168 valence electrons. The predicted molar refractivity (Wildman–Crippen MR) is 102 cm³/mol. The van der Waals surface area contributed by atoms with Crippen LogP contribution < -0.4 is 10.7 Å². The van der Waals surface area contributed by atoms with Gasteiger partial charge in [0.25, 0.3) is 11.8 Å². The molecule has 1 unspecified atom stereocenters. The summed E-state index contributed by atoms with van der Waals surface area (Å²) in [7, 11) is 0. The van der Waals surface area contributed by atoms with Gasteiger partial charge in [-0.25, -0.2) is 13.2 Å². The number of halogens is 3. The molecule has 2 aromatic rings. The highest BCUT2D eigenvalue weighted by Crippen LogP contribution is 2.38. The Balaban J connectivity index is 1.44. The minimum Gasteiger partial charge on any atom is -0.503 e. The number of rotatable bonds is 3. The Morgan fingerprint density at radius 1 is 1.19 bits per heavy atom. The van der Waals surface area contributed by atoms with Crippen LogP contribution in [0.5, 0.6) is 5.75 Å². The zero-order valence-electron chi connectivity index (χ0n) is 16.6. The number of nitrogens with zero attached hydrogens (tertiary/aromatic N) is 2. The molecule has 0 spiro atoms. The second-order valence-corrected chi connectivity index (χ2v) is 8.14. The standard InChI is InChI=1S/C21H18F3N3O5/c22-9-3-14(23)12(15(24)4-9)6-25-20(30)13-7-26-8-16-27(10-1-2-11(5-10)32-16)21(31)17(26)19(29)18(13)28/h3-4,7,10-11,16,29H,1-2,5-6,8H2,(H,25,30)/t10?,11-,16+/m0/s1. The summed E-state index contributed by atoms with van der Waals surface area (Å²) in [6, 6.07) is 0.912. The first kappa shape index (κ1) is 20.6. The van der Waals surface area contributed by atoms with Crippen LogP contribution in [-0.2, 0) is 17.8 Å². The molecule has 1 saturated carbocycles. The van der Waals surface area contributed by atoms with Gasteiger partial charge >= 0.3 is 0 Å². The predicted octanol–water partition coefficient (Wildman–Crippen LogP) is 1.63. The third-order valence-corrected chi connectivity index (χ3v) is 6.23. The Morgan fingerprint density at radius 3 is 2.62 bits per heavy atom. The summed E-state index contributed by atoms with van der Waals surface area (Å²) in [6.45, 7) is -0.538. The van der Waals surface area contributed by atoms with E-state index in [1.165, 1.54) is 9.47 Å². The van der Waals surface area contributed by atoms with Gasteiger partial charge in [0.15, 0.2) is 17.7 Å². The maximum absolute atomic E-state index is 13.8. The number of aromatic nitrogens is 1. The molecule has 5 rings (SSSR count). The van der Waals surface area contributed by atoms with Crippen LogP contribution in [-0.4, -0.2) is 44.8 Å². The van der Waals surface area contributed by atoms with Crippen LogP contribution in [0.25, 0.3) is 0 Å². The molecule has 1 aromatic carbocycles. The summed E-state index contributed by atoms with van der Waals surface area (Å²) >= 11 is 0. The Hall–Kier alpha value is -3.34. The van der Waals surface area contributed by atoms with Crippen molar-refractivity contribution < 1.29 is 32.6 Å². The highest BCUT2D eigenvalue weighted by molar-refractivity contribution is 5.99. The molecule has 1 aromatic heterocycles. The lowest BCUT2D eigenvalue weighted by molar-refractivity contribution is -0.132. The van der Waals surface area contributed by atoms with Crippen molar-refractivity contribution in [1.82, 2.24) is 14.8 Å². The molecule has 2 amide bonds. The van der Waals surface area contributed by atoms with Gasteiger partial charge in [0.1, 0.15) is 23.0 Å². The maximum atomic E-state index is 13.8. The van der Waals surface area contributed by atoms with E-state index in [4.69, 9.17) is 4.74 Å². The minimum atomic E-state index is -1.19. The molecule has 32 heavy (non-hydrogen) atoms. The van der Waals surface area contributed by atoms with Crippen LogP contribution >= 0.6 is 0 Å². The molecule has 3 aliphatic rings. The summed E-state index contributed by atoms with van der Waals surface area (Å²) in [6.07, 6.45) is 2.86. The van der Waals surface area contributed by atoms with Crippen LogP contribution in [0.3, 0.4) is 0 Å². The molecule has 2 aliphatic heterocycles. The van der Waals surface area contributed by atoms with Gasteiger partial charge in [-0.2, -0.15) is 0 Å². The molecule has 3 heterocycles. The quantitative estimate of drug-likeness (QED) is 0.742. The Kier molecular flexibility index (Phi) is 4.73. The fourth-order valence-electron chi connectivity index (χ4n) is 4.72. The van der Waals surface area contributed by atoms with Gasteiger partial charge < -0.3 is 24.6 Å². The second-order valence-electron chi connectivity index (χ2n) is 8.14. The molecule has 2 fully saturated rings. The Bertz CT molecular complexity index is 1190. The van der Waals surface area contributed by atoms with Gasteiger partial charge in [0.2, 0.25) is 5.43 Å². The lowest BCUT2D eigenvalue weighted by Crippen LogP contribution is -2.57. The van der Waals surface area contributed by atoms with Crippen LogP contribution in [0, 0.1) is 17.5 Å². The van der Waals surface area contributed by atoms with E-state index < -0.39 is 64.3 Å². The van der Waals surface area contributed by atoms with Crippen LogP contribution in [0.4, 0.5) is 13.2 Å². The molecular formula is C21H18F3N3O5. The summed E-state index contributed by atoms with van der Waals surface area (Å²) in [5.74, 6) is -5.93. The van der Waals surface area contributed by atoms with Crippen molar-refractivity contribution in [2.24, 2.45) is 0 Å². The van der Waals surface area contributed by atoms with E-state index in [1.54, 1.807) is 0 Å². The Morgan fingerprint density at radius 2 is 1.91 bits per heavy atom. The van der Waals surface area contributed by atoms with E-state index in [0.717, 1.165) is 19.0 Å². The molecule has 1 saturated heterocycles. The van der Waals surface area contributed by atoms with Crippen LogP contribution in [0.1, 0.15) is 45.7 Å². The molecule has 1 aliphatic carbocycles. The topological polar surface area (TPSA) is 101 Å². The number of aromatic hydroxyl groups is 1. The zero-order valence-corrected chi connectivity index (χ0v) is 16.6. The van der Waals surface area contributed by atoms with Gasteiger partial charge in [-0.1, -0.05) is 0 Å². The molecule has 3 atom stereocenters. The molecule has 2 bridgehead atoms. The lowest BCUT2D eigenvalue weighted by Gasteiger charge is -2.44. The fraction of sp³-hybridized carbons (Fsp3) is 0.381. The summed E-state index contributed by atoms with van der Waals surface area (Å²) in [4.78, 5) is 39.7. The monoisotopic (exact) mass is 449 g/mol. The average Bonchev–Trinajstić information content (AvgIpc) is 3.10. The number of hydrogen-bond donors (Lipinski definition) is 2. The highest BCUT2D eigenvalue weighted by atomic mass is 19.1. The summed E-state index contributed by atoms with van der Waals surface area (Å²) in [5.41, 5.74) is -2.40. The number of nitrogens with one attached hydrogen (secondary N) is 1. The first-order chi connectivity index (χ1) is 15.2. The molecule has 11 heteroatoms. The molecule has 8 nitrogen and oxygen atoms in total. The van der Waals surface area contributed by atoms with Crippen molar-refractivity contribution in [3.8, 4) is 5.75 Å². The number of amides is 2. The molecular weight excluding hydrogens is 431 g/mol. The molecule has 0 radical (unpaired) electrons. The largest absolute Gasteiger partial charge is 0.503 e. The fourth-order valence-corrected chi connectivity index (χ4v) is 4.72. The van der Waals surface area contributed by atoms with Crippen molar-refractivity contribution >= 4 is 11.8 Å². The van der Waals surface area contributed by atoms with Gasteiger partial charge in [-0.3, -0.25) is 14.4 Å². The number of carbonyl (C=O) groups is 2. The third-order valence-electron chi connectivity index (χ3n) is 6.23. The first-order valence-corrected chi connectivity index (χ1v) is 10.1. The number of ether oxygens (including phenoxy) is 1. The summed E-state index contributed by atoms with van der Waals surface area (Å²) in [5, 5.41) is 12.6. The van der Waals surface area contributed by atoms with Crippen molar-refractivity contribution in [2.45, 2.75) is 50.7 Å². The van der Waals surface area contributed by atoms with Crippen molar-refractivity contribution in [3.05, 3.63) is 62.8 Å². The van der Waals surface area contributed by atoms with E-state index in [-0.39, 0.29) is 24.4 Å². The van der Waals surface area contributed by atoms with Gasteiger partial charge in [0.05, 0.1) is 12.6 Å². The number of hydrogen-bond acceptors (Lipinski definition) is 5. The third kappa shape index (κ3) is 3.15. The van der Waals surface area contributed by atoms with Crippen molar-refractivity contribution in [1.29, 1.82) is 0 Å². The maximum Gasteiger partial charge on any atom is 0.276 e. The van der Waals surface area contributed by atoms with E-state index >= 15 is 0 Å². The number of benzene rings is 1. The van der Waals surface area contributed by atoms with Gasteiger partial charge in [0, 0.05) is 36.5 Å². The minimum absolute atomic E-state index is 0.0296. The number of fused-ring (bicyclic) bond motifs is 5. The number of pyridine rings is 1. The summed E-state index contributed by atoms with van der Waals surface area (Å²) < 4.78 is 47.9.